The third-order valence-corrected chi connectivity index (χ3v) is 3.81. The number of nitrogens with one attached hydrogen (secondary N) is 1. The highest BCUT2D eigenvalue weighted by Crippen LogP contribution is 2.26. The first kappa shape index (κ1) is 13.2. The molecule has 0 aliphatic rings. The molecule has 0 aliphatic carbocycles. The molecule has 1 N–H and O–H groups in total. The Morgan fingerprint density at radius 1 is 1.22 bits per heavy atom. The molecule has 2 nitrogen and oxygen atoms in total. The van der Waals surface area contributed by atoms with Crippen molar-refractivity contribution in [1.82, 2.24) is 0 Å². The van der Waals surface area contributed by atoms with Gasteiger partial charge in [-0.25, -0.2) is 0 Å². The minimum absolute atomic E-state index is 0.702. The number of ether oxygens (including phenoxy) is 1. The molecule has 0 aliphatic heterocycles. The summed E-state index contributed by atoms with van der Waals surface area (Å²) in [5, 5.41) is 4.05. The van der Waals surface area contributed by atoms with Crippen LogP contribution in [-0.2, 0) is 6.54 Å². The molecule has 2 aromatic carbocycles. The highest BCUT2D eigenvalue weighted by Gasteiger charge is 2.02. The molecular formula is C14H13BrClNO. The Kier molecular flexibility index (Phi) is 4.50. The first-order valence-corrected chi connectivity index (χ1v) is 6.68. The van der Waals surface area contributed by atoms with Gasteiger partial charge >= 0.3 is 0 Å². The van der Waals surface area contributed by atoms with Gasteiger partial charge in [-0.15, -0.1) is 0 Å². The van der Waals surface area contributed by atoms with Crippen molar-refractivity contribution in [3.05, 3.63) is 57.5 Å². The van der Waals surface area contributed by atoms with Crippen LogP contribution in [0, 0.1) is 0 Å². The van der Waals surface area contributed by atoms with Crippen LogP contribution in [0.2, 0.25) is 5.02 Å². The number of rotatable bonds is 4. The number of anilines is 1. The van der Waals surface area contributed by atoms with Crippen LogP contribution in [-0.4, -0.2) is 7.11 Å². The molecule has 0 heterocycles. The van der Waals surface area contributed by atoms with Crippen molar-refractivity contribution in [2.45, 2.75) is 6.54 Å². The molecule has 0 saturated carbocycles. The number of halogens is 2. The standard InChI is InChI=1S/C14H13BrClNO/c1-18-14-5-3-2-4-13(14)17-9-10-6-7-11(15)12(16)8-10/h2-8,17H,9H2,1H3. The lowest BCUT2D eigenvalue weighted by Crippen LogP contribution is -2.01. The van der Waals surface area contributed by atoms with E-state index in [1.165, 1.54) is 0 Å². The largest absolute Gasteiger partial charge is 0.495 e. The lowest BCUT2D eigenvalue weighted by molar-refractivity contribution is 0.416. The highest BCUT2D eigenvalue weighted by molar-refractivity contribution is 9.10. The summed E-state index contributed by atoms with van der Waals surface area (Å²) in [6, 6.07) is 13.7. The lowest BCUT2D eigenvalue weighted by Gasteiger charge is -2.11. The molecule has 0 saturated heterocycles. The molecule has 0 bridgehead atoms. The van der Waals surface area contributed by atoms with Crippen LogP contribution in [0.1, 0.15) is 5.56 Å². The van der Waals surface area contributed by atoms with Crippen molar-refractivity contribution in [3.8, 4) is 5.75 Å². The predicted octanol–water partition coefficient (Wildman–Crippen LogP) is 4.72. The number of hydrogen-bond acceptors (Lipinski definition) is 2. The lowest BCUT2D eigenvalue weighted by atomic mass is 10.2. The molecule has 2 rings (SSSR count). The van der Waals surface area contributed by atoms with Gasteiger partial charge in [0.2, 0.25) is 0 Å². The van der Waals surface area contributed by atoms with E-state index in [0.717, 1.165) is 21.5 Å². The summed E-state index contributed by atoms with van der Waals surface area (Å²) in [5.41, 5.74) is 2.09. The van der Waals surface area contributed by atoms with Crippen LogP contribution in [0.25, 0.3) is 0 Å². The topological polar surface area (TPSA) is 21.3 Å². The third-order valence-electron chi connectivity index (χ3n) is 2.57. The molecule has 18 heavy (non-hydrogen) atoms. The minimum atomic E-state index is 0.702. The van der Waals surface area contributed by atoms with Gasteiger partial charge in [-0.2, -0.15) is 0 Å². The van der Waals surface area contributed by atoms with Crippen LogP contribution >= 0.6 is 27.5 Å². The van der Waals surface area contributed by atoms with Crippen LogP contribution < -0.4 is 10.1 Å². The molecule has 94 valence electrons. The summed E-state index contributed by atoms with van der Waals surface area (Å²) in [7, 11) is 1.66. The van der Waals surface area contributed by atoms with Crippen LogP contribution in [0.15, 0.2) is 46.9 Å². The van der Waals surface area contributed by atoms with Crippen LogP contribution in [0.5, 0.6) is 5.75 Å². The zero-order chi connectivity index (χ0) is 13.0. The van der Waals surface area contributed by atoms with Gasteiger partial charge in [-0.1, -0.05) is 29.8 Å². The molecule has 4 heteroatoms. The second-order valence-corrected chi connectivity index (χ2v) is 5.06. The zero-order valence-corrected chi connectivity index (χ0v) is 12.3. The quantitative estimate of drug-likeness (QED) is 0.877. The van der Waals surface area contributed by atoms with E-state index in [9.17, 15) is 0 Å². The number of methoxy groups -OCH3 is 1. The number of hydrogen-bond donors (Lipinski definition) is 1. The van der Waals surface area contributed by atoms with E-state index in [2.05, 4.69) is 21.2 Å². The molecule has 0 unspecified atom stereocenters. The van der Waals surface area contributed by atoms with Crippen molar-refractivity contribution in [1.29, 1.82) is 0 Å². The number of benzene rings is 2. The summed E-state index contributed by atoms with van der Waals surface area (Å²) in [4.78, 5) is 0. The Balaban J connectivity index is 2.09. The normalized spacial score (nSPS) is 10.2. The van der Waals surface area contributed by atoms with E-state index in [1.54, 1.807) is 7.11 Å². The Hall–Kier alpha value is -1.19. The van der Waals surface area contributed by atoms with Crippen LogP contribution in [0.3, 0.4) is 0 Å². The SMILES string of the molecule is COc1ccccc1NCc1ccc(Br)c(Cl)c1. The van der Waals surface area contributed by atoms with Gasteiger partial charge in [-0.05, 0) is 45.8 Å². The monoisotopic (exact) mass is 325 g/mol. The Morgan fingerprint density at radius 2 is 2.00 bits per heavy atom. The summed E-state index contributed by atoms with van der Waals surface area (Å²) < 4.78 is 6.19. The van der Waals surface area contributed by atoms with Crippen molar-refractivity contribution >= 4 is 33.2 Å². The average molecular weight is 327 g/mol. The zero-order valence-electron chi connectivity index (χ0n) is 9.91. The Morgan fingerprint density at radius 3 is 2.72 bits per heavy atom. The van der Waals surface area contributed by atoms with E-state index >= 15 is 0 Å². The first-order chi connectivity index (χ1) is 8.70. The third kappa shape index (κ3) is 3.18. The molecule has 0 radical (unpaired) electrons. The van der Waals surface area contributed by atoms with Gasteiger partial charge < -0.3 is 10.1 Å². The van der Waals surface area contributed by atoms with Crippen molar-refractivity contribution in [2.24, 2.45) is 0 Å². The average Bonchev–Trinajstić information content (AvgIpc) is 2.40. The molecule has 0 aromatic heterocycles. The van der Waals surface area contributed by atoms with Crippen molar-refractivity contribution in [3.63, 3.8) is 0 Å². The van der Waals surface area contributed by atoms with E-state index in [4.69, 9.17) is 16.3 Å². The van der Waals surface area contributed by atoms with Gasteiger partial charge in [-0.3, -0.25) is 0 Å². The van der Waals surface area contributed by atoms with Gasteiger partial charge in [0.1, 0.15) is 5.75 Å². The highest BCUT2D eigenvalue weighted by atomic mass is 79.9. The van der Waals surface area contributed by atoms with E-state index in [-0.39, 0.29) is 0 Å². The number of para-hydroxylation sites is 2. The first-order valence-electron chi connectivity index (χ1n) is 5.51. The fourth-order valence-electron chi connectivity index (χ4n) is 1.64. The van der Waals surface area contributed by atoms with Gasteiger partial charge in [0.05, 0.1) is 17.8 Å². The van der Waals surface area contributed by atoms with Crippen molar-refractivity contribution in [2.75, 3.05) is 12.4 Å². The Bertz CT molecular complexity index is 545. The maximum absolute atomic E-state index is 6.05. The molecule has 0 fully saturated rings. The Labute approximate surface area is 120 Å². The van der Waals surface area contributed by atoms with Gasteiger partial charge in [0.25, 0.3) is 0 Å². The maximum atomic E-state index is 6.05. The summed E-state index contributed by atoms with van der Waals surface area (Å²) in [5.74, 6) is 0.834. The van der Waals surface area contributed by atoms with E-state index in [0.29, 0.717) is 11.6 Å². The second-order valence-electron chi connectivity index (χ2n) is 3.80. The van der Waals surface area contributed by atoms with E-state index < -0.39 is 0 Å². The molecule has 0 spiro atoms. The molecule has 2 aromatic rings. The second kappa shape index (κ2) is 6.12. The summed E-state index contributed by atoms with van der Waals surface area (Å²) in [6.45, 7) is 0.702. The van der Waals surface area contributed by atoms with Gasteiger partial charge in [0.15, 0.2) is 0 Å². The van der Waals surface area contributed by atoms with Crippen molar-refractivity contribution < 1.29 is 4.74 Å². The molecule has 0 amide bonds. The molecular weight excluding hydrogens is 314 g/mol. The fraction of sp³-hybridized carbons (Fsp3) is 0.143. The van der Waals surface area contributed by atoms with Crippen LogP contribution in [0.4, 0.5) is 5.69 Å². The molecule has 0 atom stereocenters. The minimum Gasteiger partial charge on any atom is -0.495 e. The summed E-state index contributed by atoms with van der Waals surface area (Å²) >= 11 is 9.43. The van der Waals surface area contributed by atoms with E-state index in [1.807, 2.05) is 42.5 Å². The maximum Gasteiger partial charge on any atom is 0.141 e. The summed E-state index contributed by atoms with van der Waals surface area (Å²) in [6.07, 6.45) is 0. The van der Waals surface area contributed by atoms with Gasteiger partial charge in [0, 0.05) is 11.0 Å². The smallest absolute Gasteiger partial charge is 0.141 e. The predicted molar refractivity (Wildman–Crippen MR) is 79.5 cm³/mol. The fourth-order valence-corrected chi connectivity index (χ4v) is 2.09.